The van der Waals surface area contributed by atoms with Gasteiger partial charge in [0.2, 0.25) is 0 Å². The highest BCUT2D eigenvalue weighted by atomic mass is 32.2. The largest absolute Gasteiger partial charge is 0.480 e. The predicted molar refractivity (Wildman–Crippen MR) is 68.1 cm³/mol. The molecule has 0 aliphatic heterocycles. The Hall–Kier alpha value is -1.89. The third-order valence-electron chi connectivity index (χ3n) is 2.37. The van der Waals surface area contributed by atoms with E-state index >= 15 is 0 Å². The SMILES string of the molecule is CC(SCc1noc(-c2ccc(F)cc2)n1)C(=O)O. The number of benzene rings is 1. The molecule has 2 aromatic rings. The van der Waals surface area contributed by atoms with Crippen molar-refractivity contribution in [1.82, 2.24) is 10.1 Å². The van der Waals surface area contributed by atoms with E-state index in [1.165, 1.54) is 23.9 Å². The first-order chi connectivity index (χ1) is 9.06. The third-order valence-corrected chi connectivity index (χ3v) is 3.50. The van der Waals surface area contributed by atoms with Crippen LogP contribution in [0.4, 0.5) is 4.39 Å². The zero-order chi connectivity index (χ0) is 13.8. The number of carboxylic acid groups (broad SMARTS) is 1. The second kappa shape index (κ2) is 5.83. The first-order valence-corrected chi connectivity index (χ1v) is 6.54. The number of rotatable bonds is 5. The molecule has 1 heterocycles. The minimum atomic E-state index is -0.882. The van der Waals surface area contributed by atoms with Crippen LogP contribution < -0.4 is 0 Å². The number of hydrogen-bond acceptors (Lipinski definition) is 5. The van der Waals surface area contributed by atoms with Gasteiger partial charge in [0.15, 0.2) is 5.82 Å². The summed E-state index contributed by atoms with van der Waals surface area (Å²) >= 11 is 1.20. The molecule has 1 atom stereocenters. The summed E-state index contributed by atoms with van der Waals surface area (Å²) in [7, 11) is 0. The first-order valence-electron chi connectivity index (χ1n) is 5.49. The second-order valence-corrected chi connectivity index (χ2v) is 5.14. The Balaban J connectivity index is 2.03. The highest BCUT2D eigenvalue weighted by Crippen LogP contribution is 2.20. The molecule has 0 bridgehead atoms. The Bertz CT molecular complexity index is 571. The molecule has 1 N–H and O–H groups in total. The average molecular weight is 282 g/mol. The Morgan fingerprint density at radius 3 is 2.79 bits per heavy atom. The third kappa shape index (κ3) is 3.54. The number of carboxylic acids is 1. The maximum Gasteiger partial charge on any atom is 0.316 e. The molecule has 19 heavy (non-hydrogen) atoms. The van der Waals surface area contributed by atoms with Crippen LogP contribution in [0, 0.1) is 5.82 Å². The Kier molecular flexibility index (Phi) is 4.16. The quantitative estimate of drug-likeness (QED) is 0.908. The van der Waals surface area contributed by atoms with Gasteiger partial charge in [-0.3, -0.25) is 4.79 Å². The van der Waals surface area contributed by atoms with Crippen molar-refractivity contribution in [2.45, 2.75) is 17.9 Å². The van der Waals surface area contributed by atoms with Crippen LogP contribution in [0.15, 0.2) is 28.8 Å². The highest BCUT2D eigenvalue weighted by Gasteiger charge is 2.14. The summed E-state index contributed by atoms with van der Waals surface area (Å²) in [4.78, 5) is 14.8. The minimum Gasteiger partial charge on any atom is -0.480 e. The van der Waals surface area contributed by atoms with Gasteiger partial charge in [-0.25, -0.2) is 4.39 Å². The molecule has 100 valence electrons. The molecule has 2 rings (SSSR count). The van der Waals surface area contributed by atoms with Crippen molar-refractivity contribution >= 4 is 17.7 Å². The summed E-state index contributed by atoms with van der Waals surface area (Å²) in [6.07, 6.45) is 0. The van der Waals surface area contributed by atoms with Gasteiger partial charge in [-0.2, -0.15) is 4.98 Å². The van der Waals surface area contributed by atoms with Crippen molar-refractivity contribution in [2.24, 2.45) is 0 Å². The molecule has 7 heteroatoms. The van der Waals surface area contributed by atoms with Crippen molar-refractivity contribution in [3.63, 3.8) is 0 Å². The molecule has 1 aromatic heterocycles. The van der Waals surface area contributed by atoms with E-state index in [-0.39, 0.29) is 5.82 Å². The van der Waals surface area contributed by atoms with E-state index in [2.05, 4.69) is 10.1 Å². The van der Waals surface area contributed by atoms with Crippen molar-refractivity contribution < 1.29 is 18.8 Å². The molecule has 1 unspecified atom stereocenters. The van der Waals surface area contributed by atoms with Gasteiger partial charge in [0.1, 0.15) is 5.82 Å². The topological polar surface area (TPSA) is 76.2 Å². The first kappa shape index (κ1) is 13.5. The lowest BCUT2D eigenvalue weighted by Gasteiger charge is -2.01. The fraction of sp³-hybridized carbons (Fsp3) is 0.250. The van der Waals surface area contributed by atoms with E-state index in [9.17, 15) is 9.18 Å². The van der Waals surface area contributed by atoms with Crippen LogP contribution >= 0.6 is 11.8 Å². The van der Waals surface area contributed by atoms with Gasteiger partial charge in [0, 0.05) is 5.56 Å². The van der Waals surface area contributed by atoms with Gasteiger partial charge in [0.05, 0.1) is 11.0 Å². The summed E-state index contributed by atoms with van der Waals surface area (Å²) < 4.78 is 17.8. The fourth-order valence-corrected chi connectivity index (χ4v) is 1.95. The maximum atomic E-state index is 12.8. The van der Waals surface area contributed by atoms with Gasteiger partial charge in [-0.1, -0.05) is 5.16 Å². The number of halogens is 1. The van der Waals surface area contributed by atoms with Crippen LogP contribution in [0.3, 0.4) is 0 Å². The lowest BCUT2D eigenvalue weighted by molar-refractivity contribution is -0.136. The molecule has 0 saturated heterocycles. The van der Waals surface area contributed by atoms with E-state index in [1.807, 2.05) is 0 Å². The van der Waals surface area contributed by atoms with Crippen molar-refractivity contribution in [3.05, 3.63) is 35.9 Å². The summed E-state index contributed by atoms with van der Waals surface area (Å²) in [5, 5.41) is 12.0. The Morgan fingerprint density at radius 2 is 2.16 bits per heavy atom. The van der Waals surface area contributed by atoms with E-state index < -0.39 is 11.2 Å². The van der Waals surface area contributed by atoms with Gasteiger partial charge >= 0.3 is 5.97 Å². The molecule has 0 fully saturated rings. The zero-order valence-corrected chi connectivity index (χ0v) is 10.9. The van der Waals surface area contributed by atoms with Crippen molar-refractivity contribution in [3.8, 4) is 11.5 Å². The number of hydrogen-bond donors (Lipinski definition) is 1. The van der Waals surface area contributed by atoms with Crippen LogP contribution in [0.5, 0.6) is 0 Å². The predicted octanol–water partition coefficient (Wildman–Crippen LogP) is 2.58. The lowest BCUT2D eigenvalue weighted by Crippen LogP contribution is -2.11. The molecule has 0 aliphatic rings. The number of aliphatic carboxylic acids is 1. The number of carbonyl (C=O) groups is 1. The van der Waals surface area contributed by atoms with Crippen LogP contribution in [-0.2, 0) is 10.5 Å². The molecule has 0 radical (unpaired) electrons. The van der Waals surface area contributed by atoms with E-state index in [0.717, 1.165) is 0 Å². The van der Waals surface area contributed by atoms with E-state index in [0.29, 0.717) is 23.0 Å². The Morgan fingerprint density at radius 1 is 1.47 bits per heavy atom. The van der Waals surface area contributed by atoms with E-state index in [1.54, 1.807) is 19.1 Å². The monoisotopic (exact) mass is 282 g/mol. The number of nitrogens with zero attached hydrogens (tertiary/aromatic N) is 2. The normalized spacial score (nSPS) is 12.3. The summed E-state index contributed by atoms with van der Waals surface area (Å²) in [6, 6.07) is 5.69. The summed E-state index contributed by atoms with van der Waals surface area (Å²) in [6.45, 7) is 1.59. The van der Waals surface area contributed by atoms with Gasteiger partial charge in [-0.05, 0) is 31.2 Å². The molecule has 0 aliphatic carbocycles. The molecule has 0 spiro atoms. The van der Waals surface area contributed by atoms with Crippen LogP contribution in [-0.4, -0.2) is 26.5 Å². The van der Waals surface area contributed by atoms with E-state index in [4.69, 9.17) is 9.63 Å². The number of thioether (sulfide) groups is 1. The van der Waals surface area contributed by atoms with Crippen LogP contribution in [0.2, 0.25) is 0 Å². The molecule has 1 aromatic carbocycles. The summed E-state index contributed by atoms with van der Waals surface area (Å²) in [5.74, 6) is -0.171. The maximum absolute atomic E-state index is 12.8. The minimum absolute atomic E-state index is 0.290. The molecule has 0 amide bonds. The number of aromatic nitrogens is 2. The van der Waals surface area contributed by atoms with Gasteiger partial charge in [0.25, 0.3) is 5.89 Å². The molecule has 5 nitrogen and oxygen atoms in total. The highest BCUT2D eigenvalue weighted by molar-refractivity contribution is 7.99. The Labute approximate surface area is 112 Å². The smallest absolute Gasteiger partial charge is 0.316 e. The van der Waals surface area contributed by atoms with Gasteiger partial charge in [-0.15, -0.1) is 11.8 Å². The van der Waals surface area contributed by atoms with Crippen molar-refractivity contribution in [1.29, 1.82) is 0 Å². The average Bonchev–Trinajstić information content (AvgIpc) is 2.85. The fourth-order valence-electron chi connectivity index (χ4n) is 1.29. The lowest BCUT2D eigenvalue weighted by atomic mass is 10.2. The summed E-state index contributed by atoms with van der Waals surface area (Å²) in [5.41, 5.74) is 0.622. The second-order valence-electron chi connectivity index (χ2n) is 3.81. The molecule has 0 saturated carbocycles. The molecular weight excluding hydrogens is 271 g/mol. The zero-order valence-electron chi connectivity index (χ0n) is 10.0. The van der Waals surface area contributed by atoms with Crippen LogP contribution in [0.25, 0.3) is 11.5 Å². The van der Waals surface area contributed by atoms with Crippen LogP contribution in [0.1, 0.15) is 12.7 Å². The van der Waals surface area contributed by atoms with Crippen molar-refractivity contribution in [2.75, 3.05) is 0 Å². The van der Waals surface area contributed by atoms with Gasteiger partial charge < -0.3 is 9.63 Å². The standard InChI is InChI=1S/C12H11FN2O3S/c1-7(12(16)17)19-6-10-14-11(18-15-10)8-2-4-9(13)5-3-8/h2-5,7H,6H2,1H3,(H,16,17). The molecular formula is C12H11FN2O3S.